The van der Waals surface area contributed by atoms with Crippen molar-refractivity contribution in [3.05, 3.63) is 29.3 Å². The number of H-pyrrole nitrogens is 1. The van der Waals surface area contributed by atoms with E-state index >= 15 is 0 Å². The molecule has 3 N–H and O–H groups in total. The predicted molar refractivity (Wildman–Crippen MR) is 74.8 cm³/mol. The van der Waals surface area contributed by atoms with Crippen molar-refractivity contribution in [1.29, 1.82) is 0 Å². The van der Waals surface area contributed by atoms with Crippen molar-refractivity contribution in [2.75, 3.05) is 6.54 Å². The van der Waals surface area contributed by atoms with Crippen LogP contribution in [0.15, 0.2) is 23.7 Å². The summed E-state index contributed by atoms with van der Waals surface area (Å²) in [6.45, 7) is 1.45. The van der Waals surface area contributed by atoms with Crippen LogP contribution in [0.3, 0.4) is 0 Å². The molecule has 6 heteroatoms. The van der Waals surface area contributed by atoms with Crippen LogP contribution in [-0.4, -0.2) is 28.7 Å². The first-order valence-corrected chi connectivity index (χ1v) is 7.30. The molecule has 0 bridgehead atoms. The lowest BCUT2D eigenvalue weighted by molar-refractivity contribution is -0.124. The summed E-state index contributed by atoms with van der Waals surface area (Å²) in [6.07, 6.45) is 3.76. The number of thiophene rings is 1. The van der Waals surface area contributed by atoms with Gasteiger partial charge in [0.1, 0.15) is 0 Å². The zero-order chi connectivity index (χ0) is 13.1. The number of carbonyl (C=O) groups is 1. The Morgan fingerprint density at radius 2 is 2.47 bits per heavy atom. The Labute approximate surface area is 115 Å². The highest BCUT2D eigenvalue weighted by Gasteiger charge is 2.21. The summed E-state index contributed by atoms with van der Waals surface area (Å²) in [5.74, 6) is 0.104. The molecule has 1 fully saturated rings. The number of aromatic nitrogens is 2. The molecule has 0 radical (unpaired) electrons. The topological polar surface area (TPSA) is 69.8 Å². The summed E-state index contributed by atoms with van der Waals surface area (Å²) in [4.78, 5) is 12.8. The summed E-state index contributed by atoms with van der Waals surface area (Å²) >= 11 is 1.68. The van der Waals surface area contributed by atoms with Gasteiger partial charge in [-0.15, -0.1) is 11.3 Å². The van der Waals surface area contributed by atoms with Gasteiger partial charge in [0.15, 0.2) is 0 Å². The SMILES string of the molecule is O=C1NCCCC1NCc1cn[nH]c1-c1cccs1. The first-order valence-electron chi connectivity index (χ1n) is 6.42. The standard InChI is InChI=1S/C13H16N4OS/c18-13-10(3-1-5-14-13)15-7-9-8-16-17-12(9)11-4-2-6-19-11/h2,4,6,8,10,15H,1,3,5,7H2,(H,14,18)(H,16,17). The quantitative estimate of drug-likeness (QED) is 0.792. The van der Waals surface area contributed by atoms with Crippen LogP contribution in [0, 0.1) is 0 Å². The van der Waals surface area contributed by atoms with E-state index in [0.717, 1.165) is 30.6 Å². The maximum atomic E-state index is 11.7. The maximum Gasteiger partial charge on any atom is 0.237 e. The molecule has 1 amide bonds. The van der Waals surface area contributed by atoms with Crippen LogP contribution in [-0.2, 0) is 11.3 Å². The van der Waals surface area contributed by atoms with Gasteiger partial charge in [-0.1, -0.05) is 6.07 Å². The summed E-state index contributed by atoms with van der Waals surface area (Å²) < 4.78 is 0. The number of rotatable bonds is 4. The second kappa shape index (κ2) is 5.54. The monoisotopic (exact) mass is 276 g/mol. The highest BCUT2D eigenvalue weighted by Crippen LogP contribution is 2.25. The average molecular weight is 276 g/mol. The third kappa shape index (κ3) is 2.69. The van der Waals surface area contributed by atoms with E-state index in [9.17, 15) is 4.79 Å². The predicted octanol–water partition coefficient (Wildman–Crippen LogP) is 1.51. The number of nitrogens with one attached hydrogen (secondary N) is 3. The fourth-order valence-corrected chi connectivity index (χ4v) is 3.03. The molecule has 5 nitrogen and oxygen atoms in total. The van der Waals surface area contributed by atoms with Crippen molar-refractivity contribution in [3.63, 3.8) is 0 Å². The average Bonchev–Trinajstić information content (AvgIpc) is 3.08. The molecule has 0 aliphatic carbocycles. The van der Waals surface area contributed by atoms with Crippen molar-refractivity contribution in [1.82, 2.24) is 20.8 Å². The van der Waals surface area contributed by atoms with Gasteiger partial charge in [0.05, 0.1) is 22.8 Å². The molecule has 100 valence electrons. The van der Waals surface area contributed by atoms with Crippen LogP contribution in [0.25, 0.3) is 10.6 Å². The van der Waals surface area contributed by atoms with Crippen molar-refractivity contribution < 1.29 is 4.79 Å². The Bertz CT molecular complexity index is 549. The Balaban J connectivity index is 1.67. The van der Waals surface area contributed by atoms with E-state index in [1.54, 1.807) is 11.3 Å². The van der Waals surface area contributed by atoms with Crippen LogP contribution in [0.2, 0.25) is 0 Å². The van der Waals surface area contributed by atoms with Crippen molar-refractivity contribution in [2.24, 2.45) is 0 Å². The van der Waals surface area contributed by atoms with E-state index in [1.807, 2.05) is 17.6 Å². The van der Waals surface area contributed by atoms with Gasteiger partial charge in [0, 0.05) is 18.7 Å². The van der Waals surface area contributed by atoms with Gasteiger partial charge in [0.2, 0.25) is 5.91 Å². The molecule has 2 aromatic rings. The molecule has 1 aliphatic heterocycles. The van der Waals surface area contributed by atoms with Crippen LogP contribution in [0.4, 0.5) is 0 Å². The Morgan fingerprint density at radius 3 is 3.26 bits per heavy atom. The van der Waals surface area contributed by atoms with Gasteiger partial charge < -0.3 is 10.6 Å². The van der Waals surface area contributed by atoms with Gasteiger partial charge in [0.25, 0.3) is 0 Å². The molecule has 1 unspecified atom stereocenters. The molecular formula is C13H16N4OS. The Morgan fingerprint density at radius 1 is 1.53 bits per heavy atom. The maximum absolute atomic E-state index is 11.7. The summed E-state index contributed by atoms with van der Waals surface area (Å²) in [5.41, 5.74) is 2.14. The normalized spacial score (nSPS) is 19.4. The number of piperidine rings is 1. The van der Waals surface area contributed by atoms with Gasteiger partial charge >= 0.3 is 0 Å². The Kier molecular flexibility index (Phi) is 3.61. The van der Waals surface area contributed by atoms with Crippen LogP contribution in [0.5, 0.6) is 0 Å². The third-order valence-electron chi connectivity index (χ3n) is 3.31. The molecule has 2 aromatic heterocycles. The minimum Gasteiger partial charge on any atom is -0.355 e. The second-order valence-corrected chi connectivity index (χ2v) is 5.56. The lowest BCUT2D eigenvalue weighted by Gasteiger charge is -2.22. The van der Waals surface area contributed by atoms with E-state index in [4.69, 9.17) is 0 Å². The molecule has 1 atom stereocenters. The number of hydrogen-bond donors (Lipinski definition) is 3. The largest absolute Gasteiger partial charge is 0.355 e. The molecule has 1 aliphatic rings. The number of aromatic amines is 1. The van der Waals surface area contributed by atoms with E-state index in [1.165, 1.54) is 4.88 Å². The van der Waals surface area contributed by atoms with Gasteiger partial charge in [-0.25, -0.2) is 0 Å². The zero-order valence-corrected chi connectivity index (χ0v) is 11.3. The third-order valence-corrected chi connectivity index (χ3v) is 4.20. The second-order valence-electron chi connectivity index (χ2n) is 4.61. The van der Waals surface area contributed by atoms with Crippen LogP contribution in [0.1, 0.15) is 18.4 Å². The first-order chi connectivity index (χ1) is 9.34. The lowest BCUT2D eigenvalue weighted by atomic mass is 10.1. The highest BCUT2D eigenvalue weighted by atomic mass is 32.1. The minimum absolute atomic E-state index is 0.0835. The summed E-state index contributed by atoms with van der Waals surface area (Å²) in [7, 11) is 0. The van der Waals surface area contributed by atoms with Crippen molar-refractivity contribution >= 4 is 17.2 Å². The number of hydrogen-bond acceptors (Lipinski definition) is 4. The zero-order valence-electron chi connectivity index (χ0n) is 10.5. The highest BCUT2D eigenvalue weighted by molar-refractivity contribution is 7.13. The van der Waals surface area contributed by atoms with E-state index < -0.39 is 0 Å². The fraction of sp³-hybridized carbons (Fsp3) is 0.385. The smallest absolute Gasteiger partial charge is 0.237 e. The van der Waals surface area contributed by atoms with Gasteiger partial charge in [-0.05, 0) is 24.3 Å². The van der Waals surface area contributed by atoms with E-state index in [-0.39, 0.29) is 11.9 Å². The van der Waals surface area contributed by atoms with Gasteiger partial charge in [-0.3, -0.25) is 9.89 Å². The summed E-state index contributed by atoms with van der Waals surface area (Å²) in [5, 5.41) is 15.4. The molecular weight excluding hydrogens is 260 g/mol. The molecule has 3 heterocycles. The van der Waals surface area contributed by atoms with Crippen LogP contribution < -0.4 is 10.6 Å². The molecule has 3 rings (SSSR count). The first kappa shape index (κ1) is 12.4. The number of nitrogens with zero attached hydrogens (tertiary/aromatic N) is 1. The molecule has 1 saturated heterocycles. The summed E-state index contributed by atoms with van der Waals surface area (Å²) in [6, 6.07) is 4.00. The van der Waals surface area contributed by atoms with Crippen molar-refractivity contribution in [3.8, 4) is 10.6 Å². The molecule has 0 spiro atoms. The molecule has 0 aromatic carbocycles. The number of amides is 1. The van der Waals surface area contributed by atoms with Crippen molar-refractivity contribution in [2.45, 2.75) is 25.4 Å². The fourth-order valence-electron chi connectivity index (χ4n) is 2.28. The lowest BCUT2D eigenvalue weighted by Crippen LogP contribution is -2.47. The molecule has 19 heavy (non-hydrogen) atoms. The van der Waals surface area contributed by atoms with E-state index in [2.05, 4.69) is 26.9 Å². The van der Waals surface area contributed by atoms with Crippen LogP contribution >= 0.6 is 11.3 Å². The Hall–Kier alpha value is -1.66. The van der Waals surface area contributed by atoms with Gasteiger partial charge in [-0.2, -0.15) is 5.10 Å². The number of carbonyl (C=O) groups excluding carboxylic acids is 1. The van der Waals surface area contributed by atoms with E-state index in [0.29, 0.717) is 6.54 Å². The minimum atomic E-state index is -0.0835. The molecule has 0 saturated carbocycles.